The fourth-order valence-corrected chi connectivity index (χ4v) is 4.48. The lowest BCUT2D eigenvalue weighted by molar-refractivity contribution is -0.138. The molecule has 2 aliphatic heterocycles. The summed E-state index contributed by atoms with van der Waals surface area (Å²) in [6.45, 7) is 4.80. The average Bonchev–Trinajstić information content (AvgIpc) is 2.71. The molecule has 2 N–H and O–H groups in total. The largest absolute Gasteiger partial charge is 0.475 e. The molecule has 2 saturated heterocycles. The highest BCUT2D eigenvalue weighted by molar-refractivity contribution is 7.48. The van der Waals surface area contributed by atoms with E-state index in [1.165, 1.54) is 6.20 Å². The quantitative estimate of drug-likeness (QED) is 0.726. The Labute approximate surface area is 136 Å². The van der Waals surface area contributed by atoms with E-state index in [0.717, 1.165) is 10.6 Å². The number of nitrogens with one attached hydrogen (secondary N) is 1. The number of nitrogens with zero attached hydrogens (tertiary/aromatic N) is 1. The van der Waals surface area contributed by atoms with Gasteiger partial charge in [-0.3, -0.25) is 27.9 Å². The minimum atomic E-state index is -3.84. The van der Waals surface area contributed by atoms with Crippen LogP contribution in [0.15, 0.2) is 21.9 Å². The Morgan fingerprint density at radius 1 is 1.50 bits per heavy atom. The molecule has 2 fully saturated rings. The number of phosphoric ester groups is 1. The van der Waals surface area contributed by atoms with Gasteiger partial charge in [-0.1, -0.05) is 0 Å². The molecule has 1 aromatic rings. The summed E-state index contributed by atoms with van der Waals surface area (Å²) in [6, 6.07) is 1.13. The van der Waals surface area contributed by atoms with Gasteiger partial charge >= 0.3 is 13.5 Å². The Morgan fingerprint density at radius 3 is 2.83 bits per heavy atom. The van der Waals surface area contributed by atoms with E-state index < -0.39 is 49.2 Å². The van der Waals surface area contributed by atoms with Crippen molar-refractivity contribution in [2.45, 2.75) is 50.9 Å². The molecule has 0 amide bonds. The normalized spacial score (nSPS) is 39.1. The molecule has 5 atom stereocenters. The van der Waals surface area contributed by atoms with Crippen molar-refractivity contribution in [3.63, 3.8) is 0 Å². The predicted octanol–water partition coefficient (Wildman–Crippen LogP) is 0.133. The van der Waals surface area contributed by atoms with Gasteiger partial charge in [-0.15, -0.1) is 0 Å². The summed E-state index contributed by atoms with van der Waals surface area (Å²) in [4.78, 5) is 25.2. The SMILES string of the molecule is CC(C)OP1(=O)OC[C@@]2(C)O[C@@H](n3ccc(=O)[nH]c3=O)[C@H](O)[C@@H]2O1. The van der Waals surface area contributed by atoms with E-state index in [4.69, 9.17) is 18.3 Å². The van der Waals surface area contributed by atoms with E-state index in [9.17, 15) is 19.3 Å². The van der Waals surface area contributed by atoms with Crippen LogP contribution in [0.3, 0.4) is 0 Å². The maximum absolute atomic E-state index is 12.5. The Hall–Kier alpha value is -1.29. The molecule has 10 nitrogen and oxygen atoms in total. The first kappa shape index (κ1) is 17.5. The summed E-state index contributed by atoms with van der Waals surface area (Å²) in [5.74, 6) is 0. The van der Waals surface area contributed by atoms with Gasteiger partial charge in [0.1, 0.15) is 17.8 Å². The van der Waals surface area contributed by atoms with Gasteiger partial charge in [-0.05, 0) is 20.8 Å². The smallest absolute Gasteiger partial charge is 0.386 e. The second-order valence-corrected chi connectivity index (χ2v) is 7.80. The van der Waals surface area contributed by atoms with Crippen LogP contribution in [0.1, 0.15) is 27.0 Å². The number of H-pyrrole nitrogens is 1. The first-order valence-electron chi connectivity index (χ1n) is 7.42. The van der Waals surface area contributed by atoms with Gasteiger partial charge in [0.15, 0.2) is 6.23 Å². The Kier molecular flexibility index (Phi) is 4.31. The van der Waals surface area contributed by atoms with Crippen LogP contribution in [0, 0.1) is 0 Å². The molecule has 0 aromatic carbocycles. The number of ether oxygens (including phenoxy) is 1. The van der Waals surface area contributed by atoms with Gasteiger partial charge in [0, 0.05) is 12.3 Å². The molecule has 1 unspecified atom stereocenters. The molecule has 0 aliphatic carbocycles. The number of hydrogen-bond donors (Lipinski definition) is 2. The predicted molar refractivity (Wildman–Crippen MR) is 80.5 cm³/mol. The second-order valence-electron chi connectivity index (χ2n) is 6.23. The number of aromatic nitrogens is 2. The molecule has 24 heavy (non-hydrogen) atoms. The van der Waals surface area contributed by atoms with Crippen LogP contribution in [0.4, 0.5) is 0 Å². The lowest BCUT2D eigenvalue weighted by Crippen LogP contribution is -2.48. The van der Waals surface area contributed by atoms with Crippen molar-refractivity contribution in [2.24, 2.45) is 0 Å². The van der Waals surface area contributed by atoms with E-state index in [2.05, 4.69) is 4.98 Å². The maximum Gasteiger partial charge on any atom is 0.475 e. The van der Waals surface area contributed by atoms with Crippen LogP contribution in [0.25, 0.3) is 0 Å². The number of rotatable bonds is 3. The zero-order chi connectivity index (χ0) is 17.7. The van der Waals surface area contributed by atoms with E-state index in [1.807, 2.05) is 0 Å². The molecule has 2 aliphatic rings. The summed E-state index contributed by atoms with van der Waals surface area (Å²) in [5.41, 5.74) is -2.44. The average molecular weight is 362 g/mol. The van der Waals surface area contributed by atoms with Crippen molar-refractivity contribution in [3.8, 4) is 0 Å². The van der Waals surface area contributed by atoms with Crippen LogP contribution in [0.5, 0.6) is 0 Å². The monoisotopic (exact) mass is 362 g/mol. The van der Waals surface area contributed by atoms with Gasteiger partial charge in [-0.25, -0.2) is 9.36 Å². The third-order valence-corrected chi connectivity index (χ3v) is 5.42. The maximum atomic E-state index is 12.5. The molecule has 0 spiro atoms. The van der Waals surface area contributed by atoms with Gasteiger partial charge < -0.3 is 9.84 Å². The third-order valence-electron chi connectivity index (χ3n) is 3.81. The summed E-state index contributed by atoms with van der Waals surface area (Å²) >= 11 is 0. The fourth-order valence-electron chi connectivity index (χ4n) is 2.75. The van der Waals surface area contributed by atoms with Gasteiger partial charge in [0.25, 0.3) is 5.56 Å². The first-order chi connectivity index (χ1) is 11.1. The molecular formula is C13H19N2O8P. The number of aliphatic hydroxyl groups is 1. The molecule has 0 bridgehead atoms. The van der Waals surface area contributed by atoms with Crippen molar-refractivity contribution in [2.75, 3.05) is 6.61 Å². The molecule has 3 rings (SSSR count). The summed E-state index contributed by atoms with van der Waals surface area (Å²) in [5, 5.41) is 10.5. The standard InChI is InChI=1S/C13H19N2O8P/c1-7(2)22-24(19)20-6-13(3)10(23-24)9(17)11(21-13)15-5-4-8(16)14-12(15)18/h4-5,7,9-11,17H,6H2,1-3H3,(H,14,16,18)/t9-,10+,11-,13-,24?/m1/s1. The highest BCUT2D eigenvalue weighted by Crippen LogP contribution is 2.59. The van der Waals surface area contributed by atoms with Crippen LogP contribution in [0.2, 0.25) is 0 Å². The highest BCUT2D eigenvalue weighted by Gasteiger charge is 2.60. The Balaban J connectivity index is 1.90. The van der Waals surface area contributed by atoms with Crippen molar-refractivity contribution in [1.29, 1.82) is 0 Å². The van der Waals surface area contributed by atoms with Gasteiger partial charge in [0.05, 0.1) is 12.7 Å². The number of phosphoric acid groups is 1. The summed E-state index contributed by atoms with van der Waals surface area (Å²) < 4.78 is 35.0. The molecule has 0 saturated carbocycles. The van der Waals surface area contributed by atoms with Crippen LogP contribution in [-0.2, 0) is 22.9 Å². The lowest BCUT2D eigenvalue weighted by Gasteiger charge is -2.38. The first-order valence-corrected chi connectivity index (χ1v) is 8.88. The molecule has 1 aromatic heterocycles. The summed E-state index contributed by atoms with van der Waals surface area (Å²) in [6.07, 6.45) is -2.66. The van der Waals surface area contributed by atoms with Gasteiger partial charge in [0.2, 0.25) is 0 Å². The molecule has 0 radical (unpaired) electrons. The van der Waals surface area contributed by atoms with Crippen molar-refractivity contribution in [3.05, 3.63) is 33.1 Å². The number of aliphatic hydroxyl groups excluding tert-OH is 1. The molecule has 134 valence electrons. The van der Waals surface area contributed by atoms with Crippen molar-refractivity contribution >= 4 is 7.82 Å². The highest BCUT2D eigenvalue weighted by atomic mass is 31.2. The third kappa shape index (κ3) is 3.01. The molecular weight excluding hydrogens is 343 g/mol. The number of fused-ring (bicyclic) bond motifs is 1. The van der Waals surface area contributed by atoms with E-state index in [0.29, 0.717) is 0 Å². The van der Waals surface area contributed by atoms with E-state index >= 15 is 0 Å². The number of hydrogen-bond acceptors (Lipinski definition) is 8. The lowest BCUT2D eigenvalue weighted by atomic mass is 9.98. The van der Waals surface area contributed by atoms with Gasteiger partial charge in [-0.2, -0.15) is 0 Å². The van der Waals surface area contributed by atoms with Crippen molar-refractivity contribution < 1.29 is 28.0 Å². The van der Waals surface area contributed by atoms with E-state index in [1.54, 1.807) is 20.8 Å². The van der Waals surface area contributed by atoms with Crippen LogP contribution < -0.4 is 11.2 Å². The topological polar surface area (TPSA) is 129 Å². The molecule has 3 heterocycles. The Bertz CT molecular complexity index is 789. The number of aromatic amines is 1. The molecule has 11 heteroatoms. The fraction of sp³-hybridized carbons (Fsp3) is 0.692. The van der Waals surface area contributed by atoms with Crippen LogP contribution >= 0.6 is 7.82 Å². The second kappa shape index (κ2) is 5.91. The zero-order valence-electron chi connectivity index (χ0n) is 13.4. The minimum absolute atomic E-state index is 0.146. The zero-order valence-corrected chi connectivity index (χ0v) is 14.3. The minimum Gasteiger partial charge on any atom is -0.386 e. The van der Waals surface area contributed by atoms with E-state index in [-0.39, 0.29) is 6.61 Å². The Morgan fingerprint density at radius 2 is 2.21 bits per heavy atom. The summed E-state index contributed by atoms with van der Waals surface area (Å²) in [7, 11) is -3.84. The van der Waals surface area contributed by atoms with Crippen molar-refractivity contribution in [1.82, 2.24) is 9.55 Å². The van der Waals surface area contributed by atoms with Crippen LogP contribution in [-0.4, -0.2) is 45.2 Å².